The largest absolute Gasteiger partial charge is 0.465 e. The molecule has 0 radical (unpaired) electrons. The molecule has 2 aromatic heterocycles. The molecule has 0 bridgehead atoms. The number of hydrogen-bond acceptors (Lipinski definition) is 6. The molecule has 142 valence electrons. The van der Waals surface area contributed by atoms with E-state index < -0.39 is 29.9 Å². The quantitative estimate of drug-likeness (QED) is 0.721. The molecule has 0 saturated carbocycles. The average Bonchev–Trinajstić information content (AvgIpc) is 2.80. The van der Waals surface area contributed by atoms with E-state index in [0.717, 1.165) is 14.4 Å². The highest BCUT2D eigenvalue weighted by molar-refractivity contribution is 6.33. The number of alkyl halides is 3. The van der Waals surface area contributed by atoms with Crippen LogP contribution in [-0.2, 0) is 22.3 Å². The molecule has 0 aliphatic rings. The number of carbonyl (C=O) groups excluding carboxylic acids is 1. The minimum absolute atomic E-state index is 0.0828. The molecule has 2 rings (SSSR count). The van der Waals surface area contributed by atoms with E-state index >= 15 is 0 Å². The molecule has 26 heavy (non-hydrogen) atoms. The summed E-state index contributed by atoms with van der Waals surface area (Å²) in [7, 11) is 1.38. The van der Waals surface area contributed by atoms with E-state index in [1.165, 1.54) is 14.0 Å². The van der Waals surface area contributed by atoms with Gasteiger partial charge in [-0.1, -0.05) is 11.6 Å². The number of aromatic nitrogens is 4. The lowest BCUT2D eigenvalue weighted by Crippen LogP contribution is -2.38. The third kappa shape index (κ3) is 3.98. The van der Waals surface area contributed by atoms with Crippen molar-refractivity contribution >= 4 is 23.4 Å². The van der Waals surface area contributed by atoms with Crippen molar-refractivity contribution in [1.29, 1.82) is 0 Å². The van der Waals surface area contributed by atoms with Crippen molar-refractivity contribution in [2.75, 3.05) is 18.7 Å². The molecule has 0 unspecified atom stereocenters. The van der Waals surface area contributed by atoms with Gasteiger partial charge in [-0.05, 0) is 19.9 Å². The normalized spacial score (nSPS) is 11.5. The number of aryl methyl sites for hydroxylation is 1. The molecule has 0 aromatic carbocycles. The maximum absolute atomic E-state index is 12.7. The molecular formula is C14H15ClF3N5O3. The summed E-state index contributed by atoms with van der Waals surface area (Å²) in [5.74, 6) is -0.548. The summed E-state index contributed by atoms with van der Waals surface area (Å²) in [5.41, 5.74) is -1.71. The Kier molecular flexibility index (Phi) is 5.59. The van der Waals surface area contributed by atoms with Gasteiger partial charge in [0.2, 0.25) is 0 Å². The third-order valence-corrected chi connectivity index (χ3v) is 3.59. The number of nitrogens with zero attached hydrogens (tertiary/aromatic N) is 5. The number of pyridine rings is 1. The Morgan fingerprint density at radius 2 is 2.08 bits per heavy atom. The van der Waals surface area contributed by atoms with Gasteiger partial charge in [0.05, 0.1) is 17.2 Å². The summed E-state index contributed by atoms with van der Waals surface area (Å²) < 4.78 is 44.8. The molecular weight excluding hydrogens is 379 g/mol. The van der Waals surface area contributed by atoms with Gasteiger partial charge >= 0.3 is 17.8 Å². The summed E-state index contributed by atoms with van der Waals surface area (Å²) in [6.07, 6.45) is -3.98. The van der Waals surface area contributed by atoms with Gasteiger partial charge in [-0.15, -0.1) is 0 Å². The van der Waals surface area contributed by atoms with Gasteiger partial charge < -0.3 is 4.74 Å². The SMILES string of the molecule is CCOC(=O)Cn1nc(C)n(N(C)c2ncc(C(F)(F)F)cc2Cl)c1=O. The number of anilines is 1. The topological polar surface area (TPSA) is 82.2 Å². The van der Waals surface area contributed by atoms with Gasteiger partial charge in [0.1, 0.15) is 6.54 Å². The van der Waals surface area contributed by atoms with Crippen LogP contribution in [-0.4, -0.2) is 39.1 Å². The van der Waals surface area contributed by atoms with Crippen LogP contribution < -0.4 is 10.7 Å². The lowest BCUT2D eigenvalue weighted by Gasteiger charge is -2.20. The minimum atomic E-state index is -4.59. The number of rotatable bonds is 5. The van der Waals surface area contributed by atoms with E-state index in [1.54, 1.807) is 6.92 Å². The zero-order valence-corrected chi connectivity index (χ0v) is 14.8. The first-order chi connectivity index (χ1) is 12.1. The van der Waals surface area contributed by atoms with Gasteiger partial charge in [-0.2, -0.15) is 22.9 Å². The van der Waals surface area contributed by atoms with Gasteiger partial charge in [-0.3, -0.25) is 9.80 Å². The van der Waals surface area contributed by atoms with Crippen molar-refractivity contribution in [2.24, 2.45) is 0 Å². The van der Waals surface area contributed by atoms with E-state index in [0.29, 0.717) is 12.3 Å². The molecule has 0 spiro atoms. The maximum atomic E-state index is 12.7. The molecule has 0 fully saturated rings. The second-order valence-corrected chi connectivity index (χ2v) is 5.56. The summed E-state index contributed by atoms with van der Waals surface area (Å²) >= 11 is 5.90. The van der Waals surface area contributed by atoms with E-state index in [9.17, 15) is 22.8 Å². The Balaban J connectivity index is 2.39. The number of halogens is 4. The summed E-state index contributed by atoms with van der Waals surface area (Å²) in [4.78, 5) is 27.7. The van der Waals surface area contributed by atoms with Crippen LogP contribution in [0.15, 0.2) is 17.1 Å². The molecule has 0 N–H and O–H groups in total. The molecule has 12 heteroatoms. The van der Waals surface area contributed by atoms with Gasteiger partial charge in [0, 0.05) is 13.2 Å². The fourth-order valence-electron chi connectivity index (χ4n) is 2.20. The van der Waals surface area contributed by atoms with Crippen molar-refractivity contribution in [3.63, 3.8) is 0 Å². The van der Waals surface area contributed by atoms with E-state index in [4.69, 9.17) is 16.3 Å². The number of ether oxygens (including phenoxy) is 1. The zero-order valence-electron chi connectivity index (χ0n) is 14.0. The first-order valence-electron chi connectivity index (χ1n) is 7.35. The van der Waals surface area contributed by atoms with Crippen LogP contribution in [0.5, 0.6) is 0 Å². The summed E-state index contributed by atoms with van der Waals surface area (Å²) in [5, 5.41) is 4.79. The molecule has 2 aromatic rings. The predicted molar refractivity (Wildman–Crippen MR) is 85.9 cm³/mol. The smallest absolute Gasteiger partial charge is 0.417 e. The highest BCUT2D eigenvalue weighted by Crippen LogP contribution is 2.33. The second-order valence-electron chi connectivity index (χ2n) is 5.16. The molecule has 2 heterocycles. The molecule has 0 amide bonds. The van der Waals surface area contributed by atoms with Crippen molar-refractivity contribution < 1.29 is 22.7 Å². The van der Waals surface area contributed by atoms with Gasteiger partial charge in [-0.25, -0.2) is 14.5 Å². The third-order valence-electron chi connectivity index (χ3n) is 3.31. The van der Waals surface area contributed by atoms with Crippen LogP contribution in [0.4, 0.5) is 19.0 Å². The van der Waals surface area contributed by atoms with Gasteiger partial charge in [0.15, 0.2) is 11.6 Å². The summed E-state index contributed by atoms with van der Waals surface area (Å²) in [6.45, 7) is 2.86. The van der Waals surface area contributed by atoms with Crippen molar-refractivity contribution in [3.8, 4) is 0 Å². The number of hydrogen-bond donors (Lipinski definition) is 0. The van der Waals surface area contributed by atoms with E-state index in [2.05, 4.69) is 10.1 Å². The Morgan fingerprint density at radius 1 is 1.42 bits per heavy atom. The molecule has 8 nitrogen and oxygen atoms in total. The van der Waals surface area contributed by atoms with Crippen molar-refractivity contribution in [1.82, 2.24) is 19.4 Å². The number of carbonyl (C=O) groups is 1. The Labute approximate surface area is 150 Å². The molecule has 0 aliphatic heterocycles. The van der Waals surface area contributed by atoms with Crippen molar-refractivity contribution in [3.05, 3.63) is 39.2 Å². The van der Waals surface area contributed by atoms with Gasteiger partial charge in [0.25, 0.3) is 0 Å². The standard InChI is InChI=1S/C14H15ClF3N5O3/c1-4-26-11(24)7-22-13(25)23(8(2)20-22)21(3)12-10(15)5-9(6-19-12)14(16,17)18/h5-6H,4,7H2,1-3H3. The number of esters is 1. The van der Waals surface area contributed by atoms with Crippen LogP contribution in [0.25, 0.3) is 0 Å². The Bertz CT molecular complexity index is 878. The lowest BCUT2D eigenvalue weighted by atomic mass is 10.3. The molecule has 0 aliphatic carbocycles. The molecule has 0 saturated heterocycles. The lowest BCUT2D eigenvalue weighted by molar-refractivity contribution is -0.144. The van der Waals surface area contributed by atoms with Crippen LogP contribution in [0.1, 0.15) is 18.3 Å². The highest BCUT2D eigenvalue weighted by atomic mass is 35.5. The highest BCUT2D eigenvalue weighted by Gasteiger charge is 2.32. The van der Waals surface area contributed by atoms with Crippen molar-refractivity contribution in [2.45, 2.75) is 26.6 Å². The minimum Gasteiger partial charge on any atom is -0.465 e. The first kappa shape index (κ1) is 19.8. The van der Waals surface area contributed by atoms with Crippen LogP contribution in [0.3, 0.4) is 0 Å². The van der Waals surface area contributed by atoms with Crippen LogP contribution in [0.2, 0.25) is 5.02 Å². The van der Waals surface area contributed by atoms with Crippen LogP contribution in [0, 0.1) is 6.92 Å². The second kappa shape index (κ2) is 7.36. The average molecular weight is 394 g/mol. The maximum Gasteiger partial charge on any atom is 0.417 e. The zero-order chi connectivity index (χ0) is 19.6. The van der Waals surface area contributed by atoms with Crippen LogP contribution >= 0.6 is 11.6 Å². The molecule has 0 atom stereocenters. The Hall–Kier alpha value is -2.56. The fraction of sp³-hybridized carbons (Fsp3) is 0.429. The van der Waals surface area contributed by atoms with E-state index in [-0.39, 0.29) is 23.3 Å². The predicted octanol–water partition coefficient (Wildman–Crippen LogP) is 1.88. The fourth-order valence-corrected chi connectivity index (χ4v) is 2.49. The Morgan fingerprint density at radius 3 is 2.62 bits per heavy atom. The first-order valence-corrected chi connectivity index (χ1v) is 7.72. The van der Waals surface area contributed by atoms with E-state index in [1.807, 2.05) is 0 Å². The monoisotopic (exact) mass is 393 g/mol. The summed E-state index contributed by atoms with van der Waals surface area (Å²) in [6, 6.07) is 0.712.